The van der Waals surface area contributed by atoms with E-state index in [-0.39, 0.29) is 0 Å². The smallest absolute Gasteiger partial charge is 0.323 e. The van der Waals surface area contributed by atoms with Crippen LogP contribution in [0.3, 0.4) is 0 Å². The molecule has 1 unspecified atom stereocenters. The molecule has 2 rings (SSSR count). The molecule has 0 spiro atoms. The maximum atomic E-state index is 11.1. The molecule has 0 saturated carbocycles. The van der Waals surface area contributed by atoms with Crippen molar-refractivity contribution in [2.45, 2.75) is 36.8 Å². The van der Waals surface area contributed by atoms with E-state index in [1.54, 1.807) is 25.0 Å². The number of nitrogens with two attached hydrogens (primary N) is 1. The van der Waals surface area contributed by atoms with Crippen LogP contribution in [0.4, 0.5) is 0 Å². The second kappa shape index (κ2) is 6.87. The van der Waals surface area contributed by atoms with Crippen molar-refractivity contribution >= 4 is 28.6 Å². The molecule has 0 aliphatic heterocycles. The van der Waals surface area contributed by atoms with Crippen LogP contribution in [0, 0.1) is 0 Å². The van der Waals surface area contributed by atoms with Gasteiger partial charge in [-0.15, -0.1) is 11.8 Å². The lowest BCUT2D eigenvalue weighted by Gasteiger charge is -2.22. The van der Waals surface area contributed by atoms with Gasteiger partial charge in [0, 0.05) is 5.39 Å². The van der Waals surface area contributed by atoms with Crippen LogP contribution in [-0.2, 0) is 4.79 Å². The molecule has 0 fully saturated rings. The van der Waals surface area contributed by atoms with Crippen molar-refractivity contribution in [1.82, 2.24) is 9.97 Å². The van der Waals surface area contributed by atoms with Crippen LogP contribution in [0.15, 0.2) is 35.6 Å². The van der Waals surface area contributed by atoms with Crippen LogP contribution in [0.5, 0.6) is 0 Å². The second-order valence-corrected chi connectivity index (χ2v) is 6.05. The number of aliphatic carboxylic acids is 1. The zero-order chi connectivity index (χ0) is 15.3. The van der Waals surface area contributed by atoms with Crippen molar-refractivity contribution in [2.75, 3.05) is 5.75 Å². The van der Waals surface area contributed by atoms with E-state index < -0.39 is 11.5 Å². The SMILES string of the molecule is CCC(N)(CCCSc1ncnc2ccccc12)C(=O)O. The molecule has 5 nitrogen and oxygen atoms in total. The monoisotopic (exact) mass is 305 g/mol. The van der Waals surface area contributed by atoms with Crippen molar-refractivity contribution in [3.8, 4) is 0 Å². The highest BCUT2D eigenvalue weighted by molar-refractivity contribution is 7.99. The molecule has 1 atom stereocenters. The number of nitrogens with zero attached hydrogens (tertiary/aromatic N) is 2. The number of carboxylic acids is 1. The molecule has 1 aromatic carbocycles. The fourth-order valence-electron chi connectivity index (χ4n) is 2.09. The summed E-state index contributed by atoms with van der Waals surface area (Å²) in [6.45, 7) is 1.80. The summed E-state index contributed by atoms with van der Waals surface area (Å²) in [6, 6.07) is 7.85. The Balaban J connectivity index is 1.96. The first-order chi connectivity index (χ1) is 10.1. The molecule has 0 saturated heterocycles. The van der Waals surface area contributed by atoms with Gasteiger partial charge in [-0.25, -0.2) is 9.97 Å². The van der Waals surface area contributed by atoms with E-state index in [1.807, 2.05) is 24.3 Å². The molecule has 1 aromatic heterocycles. The zero-order valence-corrected chi connectivity index (χ0v) is 12.8. The van der Waals surface area contributed by atoms with E-state index in [0.717, 1.165) is 28.1 Å². The molecule has 0 amide bonds. The topological polar surface area (TPSA) is 89.1 Å². The summed E-state index contributed by atoms with van der Waals surface area (Å²) in [5.41, 5.74) is 5.68. The molecule has 3 N–H and O–H groups in total. The number of aromatic nitrogens is 2. The number of benzene rings is 1. The van der Waals surface area contributed by atoms with Crippen LogP contribution in [0.2, 0.25) is 0 Å². The second-order valence-electron chi connectivity index (χ2n) is 4.96. The summed E-state index contributed by atoms with van der Waals surface area (Å²) in [6.07, 6.45) is 3.19. The molecule has 21 heavy (non-hydrogen) atoms. The molecular weight excluding hydrogens is 286 g/mol. The van der Waals surface area contributed by atoms with E-state index in [1.165, 1.54) is 0 Å². The van der Waals surface area contributed by atoms with Crippen molar-refractivity contribution in [1.29, 1.82) is 0 Å². The zero-order valence-electron chi connectivity index (χ0n) is 12.0. The Morgan fingerprint density at radius 2 is 2.14 bits per heavy atom. The van der Waals surface area contributed by atoms with Gasteiger partial charge in [0.25, 0.3) is 0 Å². The summed E-state index contributed by atoms with van der Waals surface area (Å²) in [4.78, 5) is 19.7. The Kier molecular flexibility index (Phi) is 5.14. The fourth-order valence-corrected chi connectivity index (χ4v) is 3.02. The van der Waals surface area contributed by atoms with Gasteiger partial charge >= 0.3 is 5.97 Å². The first-order valence-corrected chi connectivity index (χ1v) is 7.90. The van der Waals surface area contributed by atoms with Crippen LogP contribution in [-0.4, -0.2) is 32.3 Å². The maximum Gasteiger partial charge on any atom is 0.323 e. The van der Waals surface area contributed by atoms with E-state index in [0.29, 0.717) is 12.8 Å². The number of rotatable bonds is 7. The minimum Gasteiger partial charge on any atom is -0.480 e. The number of para-hydroxylation sites is 1. The van der Waals surface area contributed by atoms with Gasteiger partial charge in [0.05, 0.1) is 5.52 Å². The molecular formula is C15H19N3O2S. The van der Waals surface area contributed by atoms with Gasteiger partial charge in [0.2, 0.25) is 0 Å². The highest BCUT2D eigenvalue weighted by Gasteiger charge is 2.30. The van der Waals surface area contributed by atoms with E-state index in [9.17, 15) is 4.79 Å². The van der Waals surface area contributed by atoms with Crippen LogP contribution in [0.1, 0.15) is 26.2 Å². The van der Waals surface area contributed by atoms with Gasteiger partial charge in [-0.3, -0.25) is 4.79 Å². The van der Waals surface area contributed by atoms with Crippen molar-refractivity contribution < 1.29 is 9.90 Å². The van der Waals surface area contributed by atoms with Crippen LogP contribution in [0.25, 0.3) is 10.9 Å². The lowest BCUT2D eigenvalue weighted by molar-refractivity contribution is -0.143. The molecule has 0 bridgehead atoms. The largest absolute Gasteiger partial charge is 0.480 e. The third-order valence-electron chi connectivity index (χ3n) is 3.57. The number of thioether (sulfide) groups is 1. The number of carbonyl (C=O) groups is 1. The third-order valence-corrected chi connectivity index (χ3v) is 4.66. The number of hydrogen-bond donors (Lipinski definition) is 2. The summed E-state index contributed by atoms with van der Waals surface area (Å²) in [5.74, 6) is -0.143. The molecule has 0 aliphatic rings. The lowest BCUT2D eigenvalue weighted by atomic mass is 9.92. The maximum absolute atomic E-state index is 11.1. The molecule has 112 valence electrons. The van der Waals surface area contributed by atoms with Gasteiger partial charge < -0.3 is 10.8 Å². The quantitative estimate of drug-likeness (QED) is 0.464. The predicted molar refractivity (Wildman–Crippen MR) is 84.3 cm³/mol. The Morgan fingerprint density at radius 3 is 2.86 bits per heavy atom. The van der Waals surface area contributed by atoms with Gasteiger partial charge in [0.15, 0.2) is 0 Å². The summed E-state index contributed by atoms with van der Waals surface area (Å²) < 4.78 is 0. The Hall–Kier alpha value is -1.66. The Labute approximate surface area is 128 Å². The van der Waals surface area contributed by atoms with E-state index in [2.05, 4.69) is 9.97 Å². The summed E-state index contributed by atoms with van der Waals surface area (Å²) >= 11 is 1.61. The molecule has 2 aromatic rings. The third kappa shape index (κ3) is 3.71. The van der Waals surface area contributed by atoms with Crippen LogP contribution < -0.4 is 5.73 Å². The minimum absolute atomic E-state index is 0.434. The van der Waals surface area contributed by atoms with Crippen molar-refractivity contribution in [3.63, 3.8) is 0 Å². The average Bonchev–Trinajstić information content (AvgIpc) is 2.51. The average molecular weight is 305 g/mol. The highest BCUT2D eigenvalue weighted by atomic mass is 32.2. The van der Waals surface area contributed by atoms with Crippen LogP contribution >= 0.6 is 11.8 Å². The Morgan fingerprint density at radius 1 is 1.38 bits per heavy atom. The normalized spacial score (nSPS) is 14.0. The molecule has 0 aliphatic carbocycles. The molecule has 0 radical (unpaired) electrons. The number of hydrogen-bond acceptors (Lipinski definition) is 5. The van der Waals surface area contributed by atoms with Gasteiger partial charge in [-0.1, -0.05) is 25.1 Å². The number of carboxylic acid groups (broad SMARTS) is 1. The van der Waals surface area contributed by atoms with Crippen molar-refractivity contribution in [3.05, 3.63) is 30.6 Å². The Bertz CT molecular complexity index is 630. The minimum atomic E-state index is -1.12. The summed E-state index contributed by atoms with van der Waals surface area (Å²) in [5, 5.41) is 11.1. The predicted octanol–water partition coefficient (Wildman–Crippen LogP) is 2.69. The molecule has 6 heteroatoms. The highest BCUT2D eigenvalue weighted by Crippen LogP contribution is 2.26. The lowest BCUT2D eigenvalue weighted by Crippen LogP contribution is -2.47. The molecule has 1 heterocycles. The van der Waals surface area contributed by atoms with Gasteiger partial charge in [-0.2, -0.15) is 0 Å². The van der Waals surface area contributed by atoms with E-state index in [4.69, 9.17) is 10.8 Å². The van der Waals surface area contributed by atoms with Crippen molar-refractivity contribution in [2.24, 2.45) is 5.73 Å². The first kappa shape index (κ1) is 15.7. The van der Waals surface area contributed by atoms with E-state index >= 15 is 0 Å². The standard InChI is InChI=1S/C15H19N3O2S/c1-2-15(16,14(19)20)8-5-9-21-13-11-6-3-4-7-12(11)17-10-18-13/h3-4,6-7,10H,2,5,8-9,16H2,1H3,(H,19,20). The fraction of sp³-hybridized carbons (Fsp3) is 0.400. The number of fused-ring (bicyclic) bond motifs is 1. The first-order valence-electron chi connectivity index (χ1n) is 6.91. The van der Waals surface area contributed by atoms with Gasteiger partial charge in [-0.05, 0) is 31.1 Å². The van der Waals surface area contributed by atoms with Gasteiger partial charge in [0.1, 0.15) is 16.9 Å². The summed E-state index contributed by atoms with van der Waals surface area (Å²) in [7, 11) is 0.